The number of hydrogen-bond donors (Lipinski definition) is 2. The molecule has 2 rings (SSSR count). The Labute approximate surface area is 107 Å². The number of pyridine rings is 1. The smallest absolute Gasteiger partial charge is 0.229 e. The molecule has 0 saturated carbocycles. The Morgan fingerprint density at radius 1 is 1.47 bits per heavy atom. The molecule has 2 N–H and O–H groups in total. The molecule has 2 heterocycles. The van der Waals surface area contributed by atoms with Crippen LogP contribution >= 0.6 is 23.2 Å². The predicted octanol–water partition coefficient (Wildman–Crippen LogP) is 1.46. The topological polar surface area (TPSA) is 71.1 Å². The van der Waals surface area contributed by atoms with Gasteiger partial charge in [0, 0.05) is 19.2 Å². The van der Waals surface area contributed by atoms with Crippen LogP contribution in [0.4, 0.5) is 5.69 Å². The summed E-state index contributed by atoms with van der Waals surface area (Å²) in [5.41, 5.74) is 0.350. The first kappa shape index (κ1) is 12.1. The number of anilines is 1. The molecule has 17 heavy (non-hydrogen) atoms. The van der Waals surface area contributed by atoms with Gasteiger partial charge in [0.15, 0.2) is 0 Å². The molecule has 2 amide bonds. The van der Waals surface area contributed by atoms with Gasteiger partial charge in [-0.3, -0.25) is 14.6 Å². The molecule has 1 aromatic rings. The van der Waals surface area contributed by atoms with E-state index in [-0.39, 0.29) is 34.2 Å². The summed E-state index contributed by atoms with van der Waals surface area (Å²) >= 11 is 11.7. The summed E-state index contributed by atoms with van der Waals surface area (Å²) in [7, 11) is 0. The molecule has 0 aliphatic carbocycles. The van der Waals surface area contributed by atoms with E-state index in [0.717, 1.165) is 0 Å². The molecule has 0 aromatic carbocycles. The zero-order valence-electron chi connectivity index (χ0n) is 8.67. The van der Waals surface area contributed by atoms with Gasteiger partial charge in [-0.25, -0.2) is 0 Å². The van der Waals surface area contributed by atoms with Gasteiger partial charge in [-0.15, -0.1) is 0 Å². The van der Waals surface area contributed by atoms with Crippen molar-refractivity contribution in [3.8, 4) is 0 Å². The van der Waals surface area contributed by atoms with E-state index in [1.54, 1.807) is 0 Å². The van der Waals surface area contributed by atoms with Gasteiger partial charge in [0.1, 0.15) is 0 Å². The third-order valence-electron chi connectivity index (χ3n) is 2.44. The van der Waals surface area contributed by atoms with E-state index in [1.165, 1.54) is 12.4 Å². The van der Waals surface area contributed by atoms with Crippen molar-refractivity contribution in [2.75, 3.05) is 11.9 Å². The highest BCUT2D eigenvalue weighted by Crippen LogP contribution is 2.28. The van der Waals surface area contributed by atoms with Crippen LogP contribution in [0.25, 0.3) is 0 Å². The van der Waals surface area contributed by atoms with E-state index in [0.29, 0.717) is 12.2 Å². The Hall–Kier alpha value is -1.33. The van der Waals surface area contributed by atoms with Crippen molar-refractivity contribution in [3.05, 3.63) is 22.4 Å². The average molecular weight is 274 g/mol. The first-order chi connectivity index (χ1) is 8.08. The number of carbonyl (C=O) groups is 2. The predicted molar refractivity (Wildman–Crippen MR) is 64.0 cm³/mol. The highest BCUT2D eigenvalue weighted by atomic mass is 35.5. The fourth-order valence-electron chi connectivity index (χ4n) is 1.53. The summed E-state index contributed by atoms with van der Waals surface area (Å²) in [5, 5.41) is 5.70. The SMILES string of the molecule is O=C1CC(C(=O)Nc2cncc(Cl)c2Cl)CN1. The zero-order chi connectivity index (χ0) is 12.4. The molecular weight excluding hydrogens is 265 g/mol. The number of nitrogens with one attached hydrogen (secondary N) is 2. The summed E-state index contributed by atoms with van der Waals surface area (Å²) in [6, 6.07) is 0. The minimum atomic E-state index is -0.377. The summed E-state index contributed by atoms with van der Waals surface area (Å²) in [5.74, 6) is -0.771. The van der Waals surface area contributed by atoms with Gasteiger partial charge in [0.05, 0.1) is 27.8 Å². The number of carbonyl (C=O) groups excluding carboxylic acids is 2. The number of nitrogens with zero attached hydrogens (tertiary/aromatic N) is 1. The number of rotatable bonds is 2. The maximum absolute atomic E-state index is 11.8. The molecule has 1 aromatic heterocycles. The average Bonchev–Trinajstić information content (AvgIpc) is 2.72. The van der Waals surface area contributed by atoms with Crippen LogP contribution in [0.1, 0.15) is 6.42 Å². The molecular formula is C10H9Cl2N3O2. The highest BCUT2D eigenvalue weighted by Gasteiger charge is 2.28. The van der Waals surface area contributed by atoms with Gasteiger partial charge < -0.3 is 10.6 Å². The van der Waals surface area contributed by atoms with E-state index >= 15 is 0 Å². The highest BCUT2D eigenvalue weighted by molar-refractivity contribution is 6.43. The lowest BCUT2D eigenvalue weighted by Crippen LogP contribution is -2.24. The Kier molecular flexibility index (Phi) is 3.49. The van der Waals surface area contributed by atoms with Crippen molar-refractivity contribution in [1.82, 2.24) is 10.3 Å². The number of aromatic nitrogens is 1. The molecule has 7 heteroatoms. The van der Waals surface area contributed by atoms with E-state index in [2.05, 4.69) is 15.6 Å². The minimum Gasteiger partial charge on any atom is -0.355 e. The van der Waals surface area contributed by atoms with Crippen LogP contribution in [0.5, 0.6) is 0 Å². The molecule has 1 aliphatic heterocycles. The molecule has 0 bridgehead atoms. The Morgan fingerprint density at radius 3 is 2.88 bits per heavy atom. The Bertz CT molecular complexity index is 479. The van der Waals surface area contributed by atoms with Gasteiger partial charge in [-0.05, 0) is 0 Å². The normalized spacial score (nSPS) is 18.9. The fraction of sp³-hybridized carbons (Fsp3) is 0.300. The maximum Gasteiger partial charge on any atom is 0.229 e. The van der Waals surface area contributed by atoms with Gasteiger partial charge in [0.2, 0.25) is 11.8 Å². The van der Waals surface area contributed by atoms with Crippen LogP contribution in [-0.2, 0) is 9.59 Å². The van der Waals surface area contributed by atoms with E-state index in [1.807, 2.05) is 0 Å². The third kappa shape index (κ3) is 2.68. The maximum atomic E-state index is 11.8. The molecule has 5 nitrogen and oxygen atoms in total. The monoisotopic (exact) mass is 273 g/mol. The molecule has 0 spiro atoms. The molecule has 1 aliphatic rings. The van der Waals surface area contributed by atoms with Crippen molar-refractivity contribution in [2.45, 2.75) is 6.42 Å². The standard InChI is InChI=1S/C10H9Cl2N3O2/c11-6-3-13-4-7(9(6)12)15-10(17)5-1-8(16)14-2-5/h3-5H,1-2H2,(H,14,16)(H,15,17). The van der Waals surface area contributed by atoms with Crippen LogP contribution in [-0.4, -0.2) is 23.3 Å². The molecule has 0 radical (unpaired) electrons. The van der Waals surface area contributed by atoms with Crippen LogP contribution in [0.2, 0.25) is 10.0 Å². The number of hydrogen-bond acceptors (Lipinski definition) is 3. The van der Waals surface area contributed by atoms with Gasteiger partial charge >= 0.3 is 0 Å². The van der Waals surface area contributed by atoms with Crippen LogP contribution in [0, 0.1) is 5.92 Å². The summed E-state index contributed by atoms with van der Waals surface area (Å²) in [6.07, 6.45) is 2.99. The van der Waals surface area contributed by atoms with Crippen LogP contribution < -0.4 is 10.6 Å². The number of halogens is 2. The zero-order valence-corrected chi connectivity index (χ0v) is 10.2. The number of amides is 2. The summed E-state index contributed by atoms with van der Waals surface area (Å²) in [4.78, 5) is 26.6. The van der Waals surface area contributed by atoms with Crippen molar-refractivity contribution < 1.29 is 9.59 Å². The quantitative estimate of drug-likeness (QED) is 0.857. The van der Waals surface area contributed by atoms with Crippen LogP contribution in [0.3, 0.4) is 0 Å². The van der Waals surface area contributed by atoms with Crippen molar-refractivity contribution in [3.63, 3.8) is 0 Å². The van der Waals surface area contributed by atoms with Gasteiger partial charge in [-0.2, -0.15) is 0 Å². The Morgan fingerprint density at radius 2 is 2.24 bits per heavy atom. The van der Waals surface area contributed by atoms with E-state index in [4.69, 9.17) is 23.2 Å². The first-order valence-electron chi connectivity index (χ1n) is 4.94. The van der Waals surface area contributed by atoms with E-state index < -0.39 is 0 Å². The van der Waals surface area contributed by atoms with Crippen molar-refractivity contribution >= 4 is 40.7 Å². The van der Waals surface area contributed by atoms with E-state index in [9.17, 15) is 9.59 Å². The largest absolute Gasteiger partial charge is 0.355 e. The second-order valence-electron chi connectivity index (χ2n) is 3.68. The Balaban J connectivity index is 2.08. The van der Waals surface area contributed by atoms with Crippen molar-refractivity contribution in [2.24, 2.45) is 5.92 Å². The summed E-state index contributed by atoms with van der Waals surface area (Å²) < 4.78 is 0. The molecule has 1 atom stereocenters. The molecule has 1 saturated heterocycles. The lowest BCUT2D eigenvalue weighted by atomic mass is 10.1. The van der Waals surface area contributed by atoms with Gasteiger partial charge in [-0.1, -0.05) is 23.2 Å². The lowest BCUT2D eigenvalue weighted by Gasteiger charge is -2.10. The lowest BCUT2D eigenvalue weighted by molar-refractivity contribution is -0.123. The molecule has 1 unspecified atom stereocenters. The minimum absolute atomic E-state index is 0.125. The second-order valence-corrected chi connectivity index (χ2v) is 4.46. The third-order valence-corrected chi connectivity index (χ3v) is 3.23. The second kappa shape index (κ2) is 4.89. The molecule has 90 valence electrons. The fourth-order valence-corrected chi connectivity index (χ4v) is 1.83. The van der Waals surface area contributed by atoms with Gasteiger partial charge in [0.25, 0.3) is 0 Å². The van der Waals surface area contributed by atoms with Crippen LogP contribution in [0.15, 0.2) is 12.4 Å². The first-order valence-corrected chi connectivity index (χ1v) is 5.70. The summed E-state index contributed by atoms with van der Waals surface area (Å²) in [6.45, 7) is 0.344. The van der Waals surface area contributed by atoms with Crippen molar-refractivity contribution in [1.29, 1.82) is 0 Å². The molecule has 1 fully saturated rings.